The lowest BCUT2D eigenvalue weighted by molar-refractivity contribution is -0.134. The van der Waals surface area contributed by atoms with Crippen LogP contribution in [0.15, 0.2) is 42.5 Å². The first-order valence-corrected chi connectivity index (χ1v) is 8.76. The predicted molar refractivity (Wildman–Crippen MR) is 96.7 cm³/mol. The molecule has 8 heteroatoms. The van der Waals surface area contributed by atoms with Crippen LogP contribution in [0.2, 0.25) is 5.02 Å². The molecule has 6 nitrogen and oxygen atoms in total. The van der Waals surface area contributed by atoms with E-state index >= 15 is 0 Å². The molecule has 1 heterocycles. The number of nitrogens with one attached hydrogen (secondary N) is 2. The lowest BCUT2D eigenvalue weighted by Crippen LogP contribution is -2.43. The molecule has 1 aliphatic heterocycles. The molecule has 1 spiro atoms. The number of aryl methyl sites for hydroxylation is 1. The average molecular weight is 388 g/mol. The van der Waals surface area contributed by atoms with Crippen molar-refractivity contribution < 1.29 is 18.8 Å². The van der Waals surface area contributed by atoms with E-state index in [1.165, 1.54) is 12.1 Å². The summed E-state index contributed by atoms with van der Waals surface area (Å²) in [5.41, 5.74) is 0.515. The topological polar surface area (TPSA) is 78.5 Å². The largest absolute Gasteiger partial charge is 0.325 e. The molecule has 2 aromatic carbocycles. The highest BCUT2D eigenvalue weighted by molar-refractivity contribution is 6.30. The Balaban J connectivity index is 1.54. The number of rotatable bonds is 3. The van der Waals surface area contributed by atoms with Crippen LogP contribution in [-0.4, -0.2) is 29.3 Å². The highest BCUT2D eigenvalue weighted by atomic mass is 35.5. The molecule has 4 rings (SSSR count). The van der Waals surface area contributed by atoms with Crippen LogP contribution in [0.4, 0.5) is 14.9 Å². The number of anilines is 1. The minimum absolute atomic E-state index is 0.111. The van der Waals surface area contributed by atoms with Crippen LogP contribution in [-0.2, 0) is 21.5 Å². The van der Waals surface area contributed by atoms with Gasteiger partial charge in [-0.15, -0.1) is 0 Å². The minimum Gasteiger partial charge on any atom is -0.322 e. The summed E-state index contributed by atoms with van der Waals surface area (Å²) in [7, 11) is 0. The van der Waals surface area contributed by atoms with Gasteiger partial charge in [-0.1, -0.05) is 35.9 Å². The van der Waals surface area contributed by atoms with Gasteiger partial charge in [-0.2, -0.15) is 0 Å². The van der Waals surface area contributed by atoms with Crippen molar-refractivity contribution >= 4 is 35.1 Å². The summed E-state index contributed by atoms with van der Waals surface area (Å²) in [6.45, 7) is -0.513. The van der Waals surface area contributed by atoms with Crippen molar-refractivity contribution in [3.05, 3.63) is 64.4 Å². The number of halogens is 2. The Morgan fingerprint density at radius 3 is 2.85 bits per heavy atom. The molecular formula is C19H15ClFN3O3. The molecule has 1 unspecified atom stereocenters. The fourth-order valence-electron chi connectivity index (χ4n) is 3.66. The summed E-state index contributed by atoms with van der Waals surface area (Å²) in [5.74, 6) is -1.83. The third kappa shape index (κ3) is 2.84. The van der Waals surface area contributed by atoms with Crippen molar-refractivity contribution in [3.8, 4) is 0 Å². The summed E-state index contributed by atoms with van der Waals surface area (Å²) in [6.07, 6.45) is 1.11. The van der Waals surface area contributed by atoms with E-state index in [1.54, 1.807) is 0 Å². The number of hydrogen-bond acceptors (Lipinski definition) is 3. The van der Waals surface area contributed by atoms with Crippen LogP contribution in [0.1, 0.15) is 17.5 Å². The van der Waals surface area contributed by atoms with Gasteiger partial charge in [0.05, 0.1) is 5.69 Å². The molecule has 1 saturated heterocycles. The second kappa shape index (κ2) is 6.35. The van der Waals surface area contributed by atoms with Crippen molar-refractivity contribution in [2.24, 2.45) is 0 Å². The van der Waals surface area contributed by atoms with E-state index in [1.807, 2.05) is 24.3 Å². The fraction of sp³-hybridized carbons (Fsp3) is 0.211. The maximum Gasteiger partial charge on any atom is 0.325 e. The molecule has 0 bridgehead atoms. The number of fused-ring (bicyclic) bond motifs is 2. The molecule has 138 valence electrons. The van der Waals surface area contributed by atoms with Gasteiger partial charge in [-0.3, -0.25) is 14.5 Å². The second-order valence-electron chi connectivity index (χ2n) is 6.56. The highest BCUT2D eigenvalue weighted by Gasteiger charge is 2.55. The van der Waals surface area contributed by atoms with Gasteiger partial charge >= 0.3 is 6.03 Å². The van der Waals surface area contributed by atoms with Gasteiger partial charge < -0.3 is 10.6 Å². The third-order valence-electron chi connectivity index (χ3n) is 4.93. The molecule has 4 amide bonds. The normalized spacial score (nSPS) is 20.7. The number of amides is 4. The molecule has 2 aromatic rings. The zero-order chi connectivity index (χ0) is 19.2. The highest BCUT2D eigenvalue weighted by Crippen LogP contribution is 2.41. The van der Waals surface area contributed by atoms with E-state index in [0.29, 0.717) is 12.8 Å². The summed E-state index contributed by atoms with van der Waals surface area (Å²) in [5, 5.41) is 5.34. The summed E-state index contributed by atoms with van der Waals surface area (Å²) >= 11 is 5.80. The number of nitrogens with zero attached hydrogens (tertiary/aromatic N) is 1. The molecule has 27 heavy (non-hydrogen) atoms. The summed E-state index contributed by atoms with van der Waals surface area (Å²) in [6, 6.07) is 10.5. The first-order valence-electron chi connectivity index (χ1n) is 8.38. The molecular weight excluding hydrogens is 373 g/mol. The first kappa shape index (κ1) is 17.5. The smallest absolute Gasteiger partial charge is 0.322 e. The number of imide groups is 1. The van der Waals surface area contributed by atoms with Gasteiger partial charge in [-0.25, -0.2) is 9.18 Å². The maximum absolute atomic E-state index is 13.8. The van der Waals surface area contributed by atoms with Crippen LogP contribution < -0.4 is 10.6 Å². The van der Waals surface area contributed by atoms with Crippen LogP contribution in [0, 0.1) is 5.82 Å². The molecule has 0 saturated carbocycles. The Bertz CT molecular complexity index is 980. The Morgan fingerprint density at radius 2 is 2.04 bits per heavy atom. The quantitative estimate of drug-likeness (QED) is 0.795. The Morgan fingerprint density at radius 1 is 1.26 bits per heavy atom. The number of benzene rings is 2. The van der Waals surface area contributed by atoms with E-state index in [-0.39, 0.29) is 10.7 Å². The maximum atomic E-state index is 13.8. The Hall–Kier alpha value is -2.93. The Kier molecular flexibility index (Phi) is 4.11. The molecule has 1 aliphatic carbocycles. The van der Waals surface area contributed by atoms with Crippen molar-refractivity contribution in [1.82, 2.24) is 10.2 Å². The molecule has 2 aliphatic rings. The van der Waals surface area contributed by atoms with Crippen molar-refractivity contribution in [1.29, 1.82) is 0 Å². The number of carbonyl (C=O) groups is 3. The van der Waals surface area contributed by atoms with Crippen LogP contribution in [0.25, 0.3) is 0 Å². The van der Waals surface area contributed by atoms with Crippen molar-refractivity contribution in [3.63, 3.8) is 0 Å². The Labute approximate surface area is 159 Å². The van der Waals surface area contributed by atoms with Crippen LogP contribution in [0.5, 0.6) is 0 Å². The van der Waals surface area contributed by atoms with Gasteiger partial charge in [0.1, 0.15) is 17.9 Å². The van der Waals surface area contributed by atoms with E-state index in [2.05, 4.69) is 10.6 Å². The summed E-state index contributed by atoms with van der Waals surface area (Å²) in [4.78, 5) is 38.5. The summed E-state index contributed by atoms with van der Waals surface area (Å²) < 4.78 is 13.8. The van der Waals surface area contributed by atoms with Gasteiger partial charge in [0.25, 0.3) is 5.91 Å². The third-order valence-corrected chi connectivity index (χ3v) is 5.16. The van der Waals surface area contributed by atoms with E-state index < -0.39 is 35.7 Å². The van der Waals surface area contributed by atoms with Crippen LogP contribution >= 0.6 is 11.6 Å². The van der Waals surface area contributed by atoms with E-state index in [9.17, 15) is 18.8 Å². The van der Waals surface area contributed by atoms with Crippen LogP contribution in [0.3, 0.4) is 0 Å². The average Bonchev–Trinajstić information content (AvgIpc) is 3.12. The number of urea groups is 1. The predicted octanol–water partition coefficient (Wildman–Crippen LogP) is 2.81. The molecule has 2 N–H and O–H groups in total. The van der Waals surface area contributed by atoms with Gasteiger partial charge in [-0.05, 0) is 42.2 Å². The molecule has 1 atom stereocenters. The van der Waals surface area contributed by atoms with Gasteiger partial charge in [0.15, 0.2) is 0 Å². The molecule has 1 fully saturated rings. The second-order valence-corrected chi connectivity index (χ2v) is 6.99. The lowest BCUT2D eigenvalue weighted by Gasteiger charge is -2.22. The standard InChI is InChI=1S/C19H15ClFN3O3/c20-12-5-6-14(21)15(9-12)22-16(25)10-24-17(26)19(23-18(24)27)8-7-11-3-1-2-4-13(11)19/h1-6,9H,7-8,10H2,(H,22,25)(H,23,27). The zero-order valence-electron chi connectivity index (χ0n) is 14.1. The lowest BCUT2D eigenvalue weighted by atomic mass is 9.92. The van der Waals surface area contributed by atoms with E-state index in [0.717, 1.165) is 22.1 Å². The minimum atomic E-state index is -1.13. The molecule has 0 radical (unpaired) electrons. The number of hydrogen-bond donors (Lipinski definition) is 2. The fourth-order valence-corrected chi connectivity index (χ4v) is 3.83. The van der Waals surface area contributed by atoms with Gasteiger partial charge in [0, 0.05) is 5.02 Å². The zero-order valence-corrected chi connectivity index (χ0v) is 14.8. The van der Waals surface area contributed by atoms with Gasteiger partial charge in [0.2, 0.25) is 5.91 Å². The van der Waals surface area contributed by atoms with E-state index in [4.69, 9.17) is 11.6 Å². The number of carbonyl (C=O) groups excluding carboxylic acids is 3. The van der Waals surface area contributed by atoms with Crippen molar-refractivity contribution in [2.75, 3.05) is 11.9 Å². The molecule has 0 aromatic heterocycles. The monoisotopic (exact) mass is 387 g/mol. The SMILES string of the molecule is O=C(CN1C(=O)NC2(CCc3ccccc32)C1=O)Nc1cc(Cl)ccc1F. The first-order chi connectivity index (χ1) is 12.9. The van der Waals surface area contributed by atoms with Crippen molar-refractivity contribution in [2.45, 2.75) is 18.4 Å².